The molecule has 5 heteroatoms. The molecule has 0 aromatic heterocycles. The molecule has 0 fully saturated rings. The van der Waals surface area contributed by atoms with E-state index in [4.69, 9.17) is 5.73 Å². The summed E-state index contributed by atoms with van der Waals surface area (Å²) in [4.78, 5) is 0. The van der Waals surface area contributed by atoms with Crippen LogP contribution in [0.5, 0.6) is 5.75 Å². The smallest absolute Gasteiger partial charge is 0.405 e. The molecule has 0 bridgehead atoms. The van der Waals surface area contributed by atoms with Gasteiger partial charge in [0.15, 0.2) is 0 Å². The summed E-state index contributed by atoms with van der Waals surface area (Å²) in [6.45, 7) is 1.65. The molecule has 2 aromatic rings. The van der Waals surface area contributed by atoms with Crippen molar-refractivity contribution in [1.29, 1.82) is 0 Å². The van der Waals surface area contributed by atoms with Crippen molar-refractivity contribution in [2.75, 3.05) is 0 Å². The van der Waals surface area contributed by atoms with Crippen molar-refractivity contribution in [1.82, 2.24) is 0 Å². The van der Waals surface area contributed by atoms with Crippen molar-refractivity contribution in [2.45, 2.75) is 18.8 Å². The monoisotopic (exact) mass is 281 g/mol. The number of alkyl halides is 3. The van der Waals surface area contributed by atoms with E-state index in [1.807, 2.05) is 6.07 Å². The Balaban J connectivity index is 2.47. The quantitative estimate of drug-likeness (QED) is 0.928. The second-order valence-corrected chi connectivity index (χ2v) is 4.61. The van der Waals surface area contributed by atoms with Crippen LogP contribution in [-0.4, -0.2) is 6.36 Å². The molecule has 1 atom stereocenters. The molecule has 2 N–H and O–H groups in total. The van der Waals surface area contributed by atoms with Gasteiger partial charge < -0.3 is 10.5 Å². The fourth-order valence-electron chi connectivity index (χ4n) is 2.05. The molecule has 106 valence electrons. The van der Waals surface area contributed by atoms with Crippen molar-refractivity contribution in [3.8, 4) is 5.75 Å². The molecule has 0 aliphatic rings. The number of benzene rings is 2. The number of hydrogen-bond acceptors (Lipinski definition) is 2. The van der Waals surface area contributed by atoms with E-state index in [0.717, 1.165) is 0 Å². The van der Waals surface area contributed by atoms with Crippen LogP contribution in [0.25, 0.3) is 0 Å². The number of hydrogen-bond donors (Lipinski definition) is 1. The number of ether oxygens (including phenoxy) is 1. The van der Waals surface area contributed by atoms with E-state index in [0.29, 0.717) is 5.56 Å². The lowest BCUT2D eigenvalue weighted by molar-refractivity contribution is -0.275. The molecule has 0 amide bonds. The third-order valence-electron chi connectivity index (χ3n) is 3.05. The molecular weight excluding hydrogens is 267 g/mol. The van der Waals surface area contributed by atoms with Gasteiger partial charge in [-0.25, -0.2) is 0 Å². The summed E-state index contributed by atoms with van der Waals surface area (Å²) in [6.07, 6.45) is -4.75. The zero-order valence-corrected chi connectivity index (χ0v) is 10.8. The molecule has 0 saturated carbocycles. The summed E-state index contributed by atoms with van der Waals surface area (Å²) in [5.74, 6) is -0.283. The first kappa shape index (κ1) is 14.4. The second-order valence-electron chi connectivity index (χ2n) is 4.61. The summed E-state index contributed by atoms with van der Waals surface area (Å²) in [7, 11) is 0. The summed E-state index contributed by atoms with van der Waals surface area (Å²) >= 11 is 0. The average molecular weight is 281 g/mol. The van der Waals surface area contributed by atoms with Crippen LogP contribution in [0.1, 0.15) is 18.1 Å². The first-order valence-electron chi connectivity index (χ1n) is 6.00. The first-order chi connectivity index (χ1) is 9.31. The van der Waals surface area contributed by atoms with Gasteiger partial charge in [0.1, 0.15) is 5.75 Å². The average Bonchev–Trinajstić information content (AvgIpc) is 2.38. The topological polar surface area (TPSA) is 35.2 Å². The maximum Gasteiger partial charge on any atom is 0.573 e. The predicted octanol–water partition coefficient (Wildman–Crippen LogP) is 3.81. The Bertz CT molecular complexity index is 579. The van der Waals surface area contributed by atoms with Crippen LogP contribution in [0.4, 0.5) is 13.2 Å². The van der Waals surface area contributed by atoms with Gasteiger partial charge in [0, 0.05) is 5.56 Å². The van der Waals surface area contributed by atoms with E-state index in [-0.39, 0.29) is 11.3 Å². The van der Waals surface area contributed by atoms with Crippen molar-refractivity contribution in [3.05, 3.63) is 65.7 Å². The lowest BCUT2D eigenvalue weighted by atomic mass is 9.85. The molecule has 2 nitrogen and oxygen atoms in total. The Morgan fingerprint density at radius 3 is 2.05 bits per heavy atom. The maximum atomic E-state index is 12.4. The summed E-state index contributed by atoms with van der Waals surface area (Å²) in [5, 5.41) is 0. The van der Waals surface area contributed by atoms with E-state index in [2.05, 4.69) is 4.74 Å². The van der Waals surface area contributed by atoms with Gasteiger partial charge >= 0.3 is 6.36 Å². The zero-order valence-electron chi connectivity index (χ0n) is 10.8. The number of para-hydroxylation sites is 1. The molecule has 0 saturated heterocycles. The Hall–Kier alpha value is -2.01. The number of nitrogens with two attached hydrogens (primary N) is 1. The first-order valence-corrected chi connectivity index (χ1v) is 6.00. The van der Waals surface area contributed by atoms with E-state index in [9.17, 15) is 13.2 Å². The Kier molecular flexibility index (Phi) is 3.72. The third-order valence-corrected chi connectivity index (χ3v) is 3.05. The molecule has 0 aliphatic heterocycles. The highest BCUT2D eigenvalue weighted by atomic mass is 19.4. The molecule has 0 aliphatic carbocycles. The van der Waals surface area contributed by atoms with E-state index < -0.39 is 11.9 Å². The second kappa shape index (κ2) is 5.17. The zero-order chi connectivity index (χ0) is 14.8. The molecule has 2 rings (SSSR count). The van der Waals surface area contributed by atoms with Crippen LogP contribution in [-0.2, 0) is 5.54 Å². The van der Waals surface area contributed by atoms with E-state index in [1.165, 1.54) is 18.2 Å². The van der Waals surface area contributed by atoms with Crippen molar-refractivity contribution >= 4 is 0 Å². The van der Waals surface area contributed by atoms with Crippen LogP contribution in [0.2, 0.25) is 0 Å². The molecule has 20 heavy (non-hydrogen) atoms. The molecule has 0 spiro atoms. The molecule has 0 heterocycles. The van der Waals surface area contributed by atoms with Gasteiger partial charge in [-0.1, -0.05) is 48.5 Å². The molecular formula is C15H14F3NO. The summed E-state index contributed by atoms with van der Waals surface area (Å²) in [6, 6.07) is 14.8. The molecule has 0 radical (unpaired) electrons. The van der Waals surface area contributed by atoms with Gasteiger partial charge in [0.05, 0.1) is 5.54 Å². The standard InChI is InChI=1S/C15H14F3NO/c1-14(19,11-7-3-2-4-8-11)12-9-5-6-10-13(12)20-15(16,17)18/h2-10H,19H2,1H3. The van der Waals surface area contributed by atoms with Gasteiger partial charge in [0.2, 0.25) is 0 Å². The van der Waals surface area contributed by atoms with Crippen molar-refractivity contribution < 1.29 is 17.9 Å². The summed E-state index contributed by atoms with van der Waals surface area (Å²) < 4.78 is 41.4. The Morgan fingerprint density at radius 1 is 0.900 bits per heavy atom. The van der Waals surface area contributed by atoms with Gasteiger partial charge in [-0.3, -0.25) is 0 Å². The van der Waals surface area contributed by atoms with Gasteiger partial charge in [-0.15, -0.1) is 13.2 Å². The van der Waals surface area contributed by atoms with Crippen LogP contribution >= 0.6 is 0 Å². The number of halogens is 3. The SMILES string of the molecule is CC(N)(c1ccccc1)c1ccccc1OC(F)(F)F. The molecule has 2 aromatic carbocycles. The highest BCUT2D eigenvalue weighted by Crippen LogP contribution is 2.35. The minimum atomic E-state index is -4.75. The number of rotatable bonds is 3. The minimum Gasteiger partial charge on any atom is -0.405 e. The summed E-state index contributed by atoms with van der Waals surface area (Å²) in [5.41, 5.74) is 6.14. The van der Waals surface area contributed by atoms with E-state index in [1.54, 1.807) is 37.3 Å². The molecule has 1 unspecified atom stereocenters. The Morgan fingerprint density at radius 2 is 1.45 bits per heavy atom. The van der Waals surface area contributed by atoms with Gasteiger partial charge in [-0.05, 0) is 18.6 Å². The van der Waals surface area contributed by atoms with Gasteiger partial charge in [-0.2, -0.15) is 0 Å². The van der Waals surface area contributed by atoms with Crippen LogP contribution in [0.3, 0.4) is 0 Å². The highest BCUT2D eigenvalue weighted by molar-refractivity contribution is 5.45. The predicted molar refractivity (Wildman–Crippen MR) is 70.2 cm³/mol. The van der Waals surface area contributed by atoms with Crippen LogP contribution in [0.15, 0.2) is 54.6 Å². The minimum absolute atomic E-state index is 0.281. The normalized spacial score (nSPS) is 14.7. The van der Waals surface area contributed by atoms with Crippen LogP contribution < -0.4 is 10.5 Å². The van der Waals surface area contributed by atoms with Crippen LogP contribution in [0, 0.1) is 0 Å². The third kappa shape index (κ3) is 3.11. The van der Waals surface area contributed by atoms with Crippen molar-refractivity contribution in [2.24, 2.45) is 5.73 Å². The fourth-order valence-corrected chi connectivity index (χ4v) is 2.05. The largest absolute Gasteiger partial charge is 0.573 e. The van der Waals surface area contributed by atoms with E-state index >= 15 is 0 Å². The fraction of sp³-hybridized carbons (Fsp3) is 0.200. The maximum absolute atomic E-state index is 12.4. The lowest BCUT2D eigenvalue weighted by Gasteiger charge is -2.28. The Labute approximate surface area is 115 Å². The van der Waals surface area contributed by atoms with Crippen molar-refractivity contribution in [3.63, 3.8) is 0 Å². The lowest BCUT2D eigenvalue weighted by Crippen LogP contribution is -2.35. The van der Waals surface area contributed by atoms with Gasteiger partial charge in [0.25, 0.3) is 0 Å². The highest BCUT2D eigenvalue weighted by Gasteiger charge is 2.35.